The van der Waals surface area contributed by atoms with Crippen LogP contribution in [-0.4, -0.2) is 271 Å². The van der Waals surface area contributed by atoms with Gasteiger partial charge in [0.2, 0.25) is 0 Å². The van der Waals surface area contributed by atoms with Gasteiger partial charge in [-0.3, -0.25) is 24.8 Å². The van der Waals surface area contributed by atoms with E-state index in [4.69, 9.17) is 29.0 Å². The Hall–Kier alpha value is -12.5. The van der Waals surface area contributed by atoms with Gasteiger partial charge in [-0.05, 0) is 135 Å². The molecule has 35 heteroatoms. The molecule has 4 aliphatic heterocycles. The van der Waals surface area contributed by atoms with Crippen molar-refractivity contribution in [1.29, 1.82) is 0 Å². The zero-order valence-corrected chi connectivity index (χ0v) is 70.8. The molecule has 16 aromatic rings. The van der Waals surface area contributed by atoms with Gasteiger partial charge in [0.25, 0.3) is 0 Å². The fraction of sp³-hybridized carbons (Fsp3) is 0.310. The minimum atomic E-state index is -0.450. The summed E-state index contributed by atoms with van der Waals surface area (Å²) in [6, 6.07) is 20.2. The summed E-state index contributed by atoms with van der Waals surface area (Å²) in [5.41, 5.74) is 15.1. The highest BCUT2D eigenvalue weighted by atomic mass is 79.9. The number of anilines is 3. The van der Waals surface area contributed by atoms with Gasteiger partial charge in [-0.2, -0.15) is 20.4 Å². The summed E-state index contributed by atoms with van der Waals surface area (Å²) in [4.78, 5) is 48.8. The van der Waals surface area contributed by atoms with Crippen LogP contribution >= 0.6 is 15.9 Å². The molecule has 0 amide bonds. The van der Waals surface area contributed by atoms with Crippen molar-refractivity contribution >= 4 is 99.2 Å². The zero-order valence-electron chi connectivity index (χ0n) is 69.2. The number of methoxy groups -OCH3 is 4. The summed E-state index contributed by atoms with van der Waals surface area (Å²) in [6.07, 6.45) is 28.4. The van der Waals surface area contributed by atoms with E-state index < -0.39 is 23.3 Å². The van der Waals surface area contributed by atoms with Crippen LogP contribution in [0.3, 0.4) is 0 Å². The van der Waals surface area contributed by atoms with Crippen LogP contribution in [0, 0.1) is 29.2 Å². The molecule has 0 unspecified atom stereocenters. The van der Waals surface area contributed by atoms with Crippen LogP contribution in [0.2, 0.25) is 0 Å². The van der Waals surface area contributed by atoms with E-state index in [0.717, 1.165) is 164 Å². The van der Waals surface area contributed by atoms with Gasteiger partial charge < -0.3 is 64.3 Å². The van der Waals surface area contributed by atoms with Crippen LogP contribution in [-0.2, 0) is 0 Å². The maximum absolute atomic E-state index is 14.2. The van der Waals surface area contributed by atoms with E-state index in [1.165, 1.54) is 52.7 Å². The number of hydrogen-bond acceptors (Lipinski definition) is 26. The standard InChI is InChI=1S/C24H28FN7O.C20H18FN5O.C19H16FN5O2.C16H10BrFN4O.C5H14N2.C3H7NO/c1-29(2)7-8-30(3)17-13-31(14-17)16-11-27-24-20(12-28-32(24)15-16)18-5-6-26-22-10-21(25)23(33-4)9-19(18)22;1-12-9-25(10-12)13-7-23-20-16(8-24-26(20)11-13)14-3-4-22-18-6-17(21)19(27-2)5-15(14)18;1-27-18-4-14-13(2-3-21-17(14)5-16(18)20)15-7-23-25-8-11(6-22-19(15)25)24-9-12(26)10-24;1-23-15-4-11-10(2-3-19-14(11)5-13(15)18)12-7-21-22-8-9(17)6-20-16(12)22;1-6-4-5-7(2)3;5-3-1-4-2-3/h5-6,9-12,15,17H,7-8,13-14H2,1-4H3;3-8,11-12H,9-10H2,1-2H3;2-8,12,26H,9-10H2,1H3;2-8H,1H3;6H,4-5H2,1-3H3;3-5H,1-2H2. The van der Waals surface area contributed by atoms with E-state index >= 15 is 0 Å². The van der Waals surface area contributed by atoms with Gasteiger partial charge in [0, 0.05) is 190 Å². The van der Waals surface area contributed by atoms with E-state index in [9.17, 15) is 22.7 Å². The minimum Gasteiger partial charge on any atom is -0.494 e. The van der Waals surface area contributed by atoms with Crippen molar-refractivity contribution in [3.63, 3.8) is 0 Å². The lowest BCUT2D eigenvalue weighted by atomic mass is 10.0. The van der Waals surface area contributed by atoms with Gasteiger partial charge >= 0.3 is 0 Å². The predicted molar refractivity (Wildman–Crippen MR) is 467 cm³/mol. The molecule has 4 saturated heterocycles. The number of aromatic nitrogens is 16. The molecule has 20 rings (SSSR count). The minimum absolute atomic E-state index is 0.0463. The van der Waals surface area contributed by atoms with Gasteiger partial charge in [-0.25, -0.2) is 55.6 Å². The Morgan fingerprint density at radius 1 is 0.418 bits per heavy atom. The van der Waals surface area contributed by atoms with Crippen molar-refractivity contribution in [2.24, 2.45) is 5.92 Å². The Morgan fingerprint density at radius 3 is 1.02 bits per heavy atom. The maximum atomic E-state index is 14.2. The largest absolute Gasteiger partial charge is 0.494 e. The third-order valence-corrected chi connectivity index (χ3v) is 22.0. The third-order valence-electron chi connectivity index (χ3n) is 21.6. The lowest BCUT2D eigenvalue weighted by molar-refractivity contribution is 0.117. The Labute approximate surface area is 708 Å². The number of halogens is 5. The average Bonchev–Trinajstić information content (AvgIpc) is 1.59. The Balaban J connectivity index is 0.000000121. The molecule has 12 aromatic heterocycles. The normalized spacial score (nSPS) is 14.2. The van der Waals surface area contributed by atoms with Crippen molar-refractivity contribution < 1.29 is 46.7 Å². The number of pyridine rings is 4. The van der Waals surface area contributed by atoms with E-state index in [0.29, 0.717) is 58.4 Å². The first kappa shape index (κ1) is 84.5. The quantitative estimate of drug-likeness (QED) is 0.0580. The number of nitrogens with zero attached hydrogens (tertiary/aromatic N) is 22. The Bertz CT molecular complexity index is 6230. The number of aliphatic hydroxyl groups is 2. The first-order chi connectivity index (χ1) is 59.0. The lowest BCUT2D eigenvalue weighted by Gasteiger charge is -2.45. The van der Waals surface area contributed by atoms with Gasteiger partial charge in [-0.15, -0.1) is 0 Å². The molecule has 122 heavy (non-hydrogen) atoms. The second kappa shape index (κ2) is 37.2. The number of benzene rings is 4. The number of fused-ring (bicyclic) bond motifs is 8. The van der Waals surface area contributed by atoms with Gasteiger partial charge in [-0.1, -0.05) is 6.92 Å². The molecule has 4 fully saturated rings. The molecule has 632 valence electrons. The summed E-state index contributed by atoms with van der Waals surface area (Å²) in [5, 5.41) is 44.8. The van der Waals surface area contributed by atoms with Crippen molar-refractivity contribution in [3.8, 4) is 67.5 Å². The molecule has 30 nitrogen and oxygen atoms in total. The van der Waals surface area contributed by atoms with Crippen molar-refractivity contribution in [1.82, 2.24) is 104 Å². The number of hydrogen-bond donors (Lipinski definition) is 4. The van der Waals surface area contributed by atoms with E-state index in [1.807, 2.05) is 73.4 Å². The van der Waals surface area contributed by atoms with Crippen LogP contribution in [0.5, 0.6) is 23.0 Å². The highest BCUT2D eigenvalue weighted by molar-refractivity contribution is 9.10. The maximum Gasteiger partial charge on any atom is 0.167 e. The highest BCUT2D eigenvalue weighted by Crippen LogP contribution is 2.40. The molecule has 4 aliphatic rings. The zero-order chi connectivity index (χ0) is 85.6. The SMILES string of the molecule is CNCCN(C)C.COc1cc2c(-c3cnn4cc(Br)cnc34)ccnc2cc1F.COc1cc2c(-c3cnn4cc(N5CC(C)C5)cnc34)ccnc2cc1F.COc1cc2c(-c3cnn4cc(N5CC(N(C)CCN(C)C)C5)cnc34)ccnc2cc1F.COc1cc2c(-c3cnn4cc(N5CC(O)C5)cnc34)ccnc2cc1F.OC1CNC1. The Morgan fingerprint density at radius 2 is 0.738 bits per heavy atom. The van der Waals surface area contributed by atoms with E-state index in [1.54, 1.807) is 104 Å². The second-order valence-corrected chi connectivity index (χ2v) is 31.5. The summed E-state index contributed by atoms with van der Waals surface area (Å²) in [6.45, 7) is 13.4. The second-order valence-electron chi connectivity index (χ2n) is 30.6. The molecule has 0 atom stereocenters. The number of ether oxygens (including phenoxy) is 4. The fourth-order valence-electron chi connectivity index (χ4n) is 14.5. The van der Waals surface area contributed by atoms with Crippen LogP contribution in [0.4, 0.5) is 34.6 Å². The summed E-state index contributed by atoms with van der Waals surface area (Å²) < 4.78 is 84.4. The molecular formula is C87H93BrF4N24O6. The topological polar surface area (TPSA) is 293 Å². The number of aliphatic hydroxyl groups excluding tert-OH is 2. The van der Waals surface area contributed by atoms with Crippen molar-refractivity contribution in [2.45, 2.75) is 25.2 Å². The smallest absolute Gasteiger partial charge is 0.167 e. The molecular weight excluding hydrogens is 1630 g/mol. The van der Waals surface area contributed by atoms with Crippen LogP contribution in [0.15, 0.2) is 176 Å². The average molecular weight is 1730 g/mol. The van der Waals surface area contributed by atoms with Gasteiger partial charge in [0.15, 0.2) is 68.9 Å². The van der Waals surface area contributed by atoms with Crippen LogP contribution < -0.4 is 44.3 Å². The molecule has 0 spiro atoms. The monoisotopic (exact) mass is 1720 g/mol. The predicted octanol–water partition coefficient (Wildman–Crippen LogP) is 11.2. The number of nitrogens with one attached hydrogen (secondary N) is 2. The Kier molecular flexibility index (Phi) is 25.8. The lowest BCUT2D eigenvalue weighted by Crippen LogP contribution is -2.59. The molecule has 4 aromatic carbocycles. The highest BCUT2D eigenvalue weighted by Gasteiger charge is 2.32. The summed E-state index contributed by atoms with van der Waals surface area (Å²) >= 11 is 3.37. The molecule has 0 bridgehead atoms. The summed E-state index contributed by atoms with van der Waals surface area (Å²) in [7, 11) is 18.3. The molecule has 0 aliphatic carbocycles. The van der Waals surface area contributed by atoms with Gasteiger partial charge in [0.1, 0.15) is 0 Å². The van der Waals surface area contributed by atoms with Crippen LogP contribution in [0.25, 0.3) is 111 Å². The van der Waals surface area contributed by atoms with E-state index in [2.05, 4.69) is 149 Å². The molecule has 0 saturated carbocycles. The van der Waals surface area contributed by atoms with Crippen LogP contribution in [0.1, 0.15) is 6.92 Å². The third kappa shape index (κ3) is 18.3. The first-order valence-corrected chi connectivity index (χ1v) is 40.3. The van der Waals surface area contributed by atoms with Gasteiger partial charge in [0.05, 0.1) is 146 Å². The number of β-amino-alcohol motifs (C(OH)–C–C–N with tert-alkyl or cyclic N) is 2. The first-order valence-electron chi connectivity index (χ1n) is 39.5. The van der Waals surface area contributed by atoms with Crippen molar-refractivity contribution in [2.75, 3.05) is 164 Å². The summed E-state index contributed by atoms with van der Waals surface area (Å²) in [5.74, 6) is -0.313. The number of likely N-dealkylation sites (N-methyl/N-ethyl adjacent to an activating group) is 4. The fourth-order valence-corrected chi connectivity index (χ4v) is 14.8. The molecule has 16 heterocycles. The molecule has 0 radical (unpaired) electrons. The number of rotatable bonds is 18. The molecule has 4 N–H and O–H groups in total. The van der Waals surface area contributed by atoms with E-state index in [-0.39, 0.29) is 35.2 Å². The van der Waals surface area contributed by atoms with Crippen molar-refractivity contribution in [3.05, 3.63) is 200 Å².